The minimum atomic E-state index is -3.70. The van der Waals surface area contributed by atoms with E-state index < -0.39 is 14.3 Å². The molecule has 0 bridgehead atoms. The number of carbonyl (C=O) groups is 1. The van der Waals surface area contributed by atoms with Gasteiger partial charge < -0.3 is 4.90 Å². The Morgan fingerprint density at radius 1 is 1.44 bits per heavy atom. The third kappa shape index (κ3) is 3.00. The quantitative estimate of drug-likeness (QED) is 0.500. The molecule has 1 atom stereocenters. The molecule has 0 spiro atoms. The summed E-state index contributed by atoms with van der Waals surface area (Å²) in [6.45, 7) is 0.101. The molecule has 1 aromatic rings. The van der Waals surface area contributed by atoms with Gasteiger partial charge in [-0.3, -0.25) is 4.79 Å². The average molecular weight is 465 g/mol. The minimum absolute atomic E-state index is 0.0652. The molecule has 8 heteroatoms. The molecular formula is C10H8BrClINO3S. The number of amides is 1. The molecule has 0 N–H and O–H groups in total. The third-order valence-corrected chi connectivity index (χ3v) is 5.86. The molecule has 0 aliphatic carbocycles. The monoisotopic (exact) mass is 463 g/mol. The number of benzene rings is 1. The summed E-state index contributed by atoms with van der Waals surface area (Å²) < 4.78 is 24.3. The Morgan fingerprint density at radius 2 is 2.11 bits per heavy atom. The summed E-state index contributed by atoms with van der Waals surface area (Å²) in [6.07, 6.45) is -0.0652. The molecule has 1 aliphatic rings. The summed E-state index contributed by atoms with van der Waals surface area (Å²) in [5.41, 5.74) is 0.670. The van der Waals surface area contributed by atoms with Crippen LogP contribution in [0.2, 0.25) is 0 Å². The Morgan fingerprint density at radius 3 is 2.61 bits per heavy atom. The first-order valence-corrected chi connectivity index (χ1v) is 9.22. The smallest absolute Gasteiger partial charge is 0.237 e. The molecule has 0 radical (unpaired) electrons. The van der Waals surface area contributed by atoms with Crippen molar-refractivity contribution in [2.24, 2.45) is 0 Å². The third-order valence-electron chi connectivity index (χ3n) is 2.69. The van der Waals surface area contributed by atoms with Crippen LogP contribution < -0.4 is 4.90 Å². The van der Waals surface area contributed by atoms with Gasteiger partial charge in [0.1, 0.15) is 5.25 Å². The van der Waals surface area contributed by atoms with E-state index in [0.717, 1.165) is 8.04 Å². The van der Waals surface area contributed by atoms with Crippen molar-refractivity contribution < 1.29 is 13.2 Å². The van der Waals surface area contributed by atoms with Gasteiger partial charge in [-0.25, -0.2) is 8.42 Å². The van der Waals surface area contributed by atoms with Gasteiger partial charge in [0, 0.05) is 31.7 Å². The van der Waals surface area contributed by atoms with Crippen LogP contribution in [-0.2, 0) is 13.8 Å². The zero-order valence-electron chi connectivity index (χ0n) is 8.94. The van der Waals surface area contributed by atoms with Crippen LogP contribution in [0.4, 0.5) is 5.69 Å². The highest BCUT2D eigenvalue weighted by Crippen LogP contribution is 2.33. The largest absolute Gasteiger partial charge is 0.310 e. The minimum Gasteiger partial charge on any atom is -0.310 e. The van der Waals surface area contributed by atoms with E-state index in [4.69, 9.17) is 10.7 Å². The van der Waals surface area contributed by atoms with Crippen LogP contribution in [0.15, 0.2) is 22.7 Å². The molecule has 1 fully saturated rings. The van der Waals surface area contributed by atoms with Crippen molar-refractivity contribution in [2.75, 3.05) is 11.4 Å². The molecule has 1 aliphatic heterocycles. The van der Waals surface area contributed by atoms with Crippen molar-refractivity contribution in [1.82, 2.24) is 0 Å². The van der Waals surface area contributed by atoms with Crippen molar-refractivity contribution in [3.63, 3.8) is 0 Å². The van der Waals surface area contributed by atoms with Gasteiger partial charge in [0.05, 0.1) is 5.69 Å². The van der Waals surface area contributed by atoms with E-state index in [2.05, 4.69) is 38.5 Å². The standard InChI is InChI=1S/C10H8BrClINO3S/c11-8-3-6(13)1-2-9(8)14-5-7(4-10(14)15)18(12,16)17/h1-3,7H,4-5H2. The van der Waals surface area contributed by atoms with E-state index in [1.165, 1.54) is 4.90 Å². The highest BCUT2D eigenvalue weighted by atomic mass is 127. The number of nitrogens with zero attached hydrogens (tertiary/aromatic N) is 1. The number of anilines is 1. The molecule has 4 nitrogen and oxygen atoms in total. The molecule has 1 unspecified atom stereocenters. The molecule has 0 saturated carbocycles. The van der Waals surface area contributed by atoms with Crippen molar-refractivity contribution in [2.45, 2.75) is 11.7 Å². The van der Waals surface area contributed by atoms with Crippen molar-refractivity contribution >= 4 is 69.8 Å². The second kappa shape index (κ2) is 5.26. The zero-order valence-corrected chi connectivity index (χ0v) is 14.3. The summed E-state index contributed by atoms with van der Waals surface area (Å²) in [5.74, 6) is -0.230. The normalized spacial score (nSPS) is 20.5. The summed E-state index contributed by atoms with van der Waals surface area (Å²) in [4.78, 5) is 13.3. The summed E-state index contributed by atoms with van der Waals surface area (Å²) >= 11 is 5.53. The Kier molecular flexibility index (Phi) is 4.25. The fourth-order valence-corrected chi connectivity index (χ4v) is 4.34. The average Bonchev–Trinajstić information content (AvgIpc) is 2.60. The number of hydrogen-bond donors (Lipinski definition) is 0. The van der Waals surface area contributed by atoms with Gasteiger partial charge in [0.2, 0.25) is 15.0 Å². The molecule has 0 aromatic heterocycles. The lowest BCUT2D eigenvalue weighted by Gasteiger charge is -2.18. The molecule has 98 valence electrons. The van der Waals surface area contributed by atoms with E-state index in [1.54, 1.807) is 6.07 Å². The van der Waals surface area contributed by atoms with Crippen LogP contribution in [0.1, 0.15) is 6.42 Å². The van der Waals surface area contributed by atoms with Gasteiger partial charge in [-0.1, -0.05) is 0 Å². The molecule has 2 rings (SSSR count). The highest BCUT2D eigenvalue weighted by molar-refractivity contribution is 14.1. The SMILES string of the molecule is O=C1CC(S(=O)(=O)Cl)CN1c1ccc(I)cc1Br. The van der Waals surface area contributed by atoms with Crippen molar-refractivity contribution in [3.05, 3.63) is 26.2 Å². The number of rotatable bonds is 2. The van der Waals surface area contributed by atoms with Crippen LogP contribution in [0.3, 0.4) is 0 Å². The molecule has 1 amide bonds. The topological polar surface area (TPSA) is 54.5 Å². The fraction of sp³-hybridized carbons (Fsp3) is 0.300. The molecule has 1 aromatic carbocycles. The van der Waals surface area contributed by atoms with Gasteiger partial charge in [0.15, 0.2) is 0 Å². The van der Waals surface area contributed by atoms with Gasteiger partial charge in [-0.15, -0.1) is 0 Å². The predicted molar refractivity (Wildman–Crippen MR) is 82.4 cm³/mol. The Hall–Kier alpha value is 0.140. The molecule has 1 saturated heterocycles. The maximum Gasteiger partial charge on any atom is 0.237 e. The van der Waals surface area contributed by atoms with Crippen LogP contribution in [0.25, 0.3) is 0 Å². The Bertz CT molecular complexity index is 607. The maximum atomic E-state index is 11.8. The predicted octanol–water partition coefficient (Wildman–Crippen LogP) is 2.73. The lowest BCUT2D eigenvalue weighted by atomic mass is 10.3. The van der Waals surface area contributed by atoms with Crippen LogP contribution in [0, 0.1) is 3.57 Å². The van der Waals surface area contributed by atoms with Crippen molar-refractivity contribution in [1.29, 1.82) is 0 Å². The van der Waals surface area contributed by atoms with Crippen molar-refractivity contribution in [3.8, 4) is 0 Å². The summed E-state index contributed by atoms with van der Waals surface area (Å²) in [5, 5.41) is -0.835. The van der Waals surface area contributed by atoms with Crippen LogP contribution in [0.5, 0.6) is 0 Å². The van der Waals surface area contributed by atoms with Gasteiger partial charge >= 0.3 is 0 Å². The lowest BCUT2D eigenvalue weighted by molar-refractivity contribution is -0.117. The Labute approximate surface area is 131 Å². The molecule has 1 heterocycles. The number of hydrogen-bond acceptors (Lipinski definition) is 3. The van der Waals surface area contributed by atoms with E-state index in [1.807, 2.05) is 12.1 Å². The van der Waals surface area contributed by atoms with E-state index in [-0.39, 0.29) is 18.9 Å². The molecular weight excluding hydrogens is 456 g/mol. The first kappa shape index (κ1) is 14.5. The highest BCUT2D eigenvalue weighted by Gasteiger charge is 2.38. The second-order valence-corrected chi connectivity index (χ2v) is 8.91. The van der Waals surface area contributed by atoms with Gasteiger partial charge in [-0.05, 0) is 56.7 Å². The zero-order chi connectivity index (χ0) is 13.5. The van der Waals surface area contributed by atoms with Crippen LogP contribution >= 0.6 is 49.2 Å². The summed E-state index contributed by atoms with van der Waals surface area (Å²) in [6, 6.07) is 5.51. The first-order chi connectivity index (χ1) is 8.29. The Balaban J connectivity index is 2.33. The first-order valence-electron chi connectivity index (χ1n) is 4.98. The lowest BCUT2D eigenvalue weighted by Crippen LogP contribution is -2.27. The number of halogens is 3. The van der Waals surface area contributed by atoms with E-state index in [9.17, 15) is 13.2 Å². The molecule has 18 heavy (non-hydrogen) atoms. The van der Waals surface area contributed by atoms with Gasteiger partial charge in [-0.2, -0.15) is 0 Å². The fourth-order valence-electron chi connectivity index (χ4n) is 1.80. The van der Waals surface area contributed by atoms with Gasteiger partial charge in [0.25, 0.3) is 0 Å². The maximum absolute atomic E-state index is 11.8. The van der Waals surface area contributed by atoms with E-state index in [0.29, 0.717) is 5.69 Å². The number of carbonyl (C=O) groups excluding carboxylic acids is 1. The van der Waals surface area contributed by atoms with Crippen LogP contribution in [-0.4, -0.2) is 26.1 Å². The summed E-state index contributed by atoms with van der Waals surface area (Å²) in [7, 11) is 1.60. The second-order valence-electron chi connectivity index (χ2n) is 3.90. The van der Waals surface area contributed by atoms with E-state index >= 15 is 0 Å².